The Balaban J connectivity index is 1.56. The second-order valence-electron chi connectivity index (χ2n) is 4.92. The van der Waals surface area contributed by atoms with Gasteiger partial charge in [0.2, 0.25) is 21.9 Å². The van der Waals surface area contributed by atoms with E-state index in [0.717, 1.165) is 11.8 Å². The van der Waals surface area contributed by atoms with E-state index in [9.17, 15) is 28.1 Å². The molecule has 0 fully saturated rings. The van der Waals surface area contributed by atoms with Crippen LogP contribution in [0, 0.1) is 10.1 Å². The van der Waals surface area contributed by atoms with Crippen molar-refractivity contribution >= 4 is 39.8 Å². The first-order chi connectivity index (χ1) is 13.2. The fourth-order valence-electron chi connectivity index (χ4n) is 1.78. The number of carbonyl (C=O) groups excluding carboxylic acids is 1. The molecule has 15 heteroatoms. The van der Waals surface area contributed by atoms with Crippen molar-refractivity contribution in [2.45, 2.75) is 11.4 Å². The van der Waals surface area contributed by atoms with Crippen LogP contribution in [0.3, 0.4) is 0 Å². The predicted octanol–water partition coefficient (Wildman–Crippen LogP) is 3.25. The van der Waals surface area contributed by atoms with Crippen LogP contribution in [0.5, 0.6) is 0 Å². The molecule has 0 atom stereocenters. The molecule has 3 rings (SSSR count). The Morgan fingerprint density at radius 1 is 1.21 bits per heavy atom. The third-order valence-electron chi connectivity index (χ3n) is 2.97. The van der Waals surface area contributed by atoms with E-state index in [0.29, 0.717) is 5.56 Å². The van der Waals surface area contributed by atoms with E-state index in [1.807, 2.05) is 0 Å². The molecule has 146 valence electrons. The van der Waals surface area contributed by atoms with Gasteiger partial charge >= 0.3 is 6.18 Å². The maximum Gasteiger partial charge on any atom is 0.445 e. The number of nitro groups is 1. The maximum atomic E-state index is 12.4. The zero-order chi connectivity index (χ0) is 20.3. The largest absolute Gasteiger partial charge is 0.445 e. The number of amides is 1. The van der Waals surface area contributed by atoms with Crippen LogP contribution in [-0.2, 0) is 11.0 Å². The Labute approximate surface area is 161 Å². The summed E-state index contributed by atoms with van der Waals surface area (Å²) in [6.07, 6.45) is -4.63. The number of benzene rings is 1. The molecule has 0 saturated heterocycles. The molecule has 0 aliphatic carbocycles. The van der Waals surface area contributed by atoms with Crippen molar-refractivity contribution < 1.29 is 27.3 Å². The smallest absolute Gasteiger partial charge is 0.411 e. The van der Waals surface area contributed by atoms with Gasteiger partial charge in [0, 0.05) is 17.7 Å². The number of hydrogen-bond donors (Lipinski definition) is 1. The number of non-ortho nitro benzene ring substituents is 1. The van der Waals surface area contributed by atoms with Gasteiger partial charge in [-0.25, -0.2) is 0 Å². The van der Waals surface area contributed by atoms with Crippen LogP contribution >= 0.6 is 23.1 Å². The molecule has 0 aliphatic heterocycles. The van der Waals surface area contributed by atoms with Crippen LogP contribution in [0.15, 0.2) is 33.9 Å². The van der Waals surface area contributed by atoms with Gasteiger partial charge in [-0.3, -0.25) is 20.2 Å². The number of aromatic nitrogens is 4. The third-order valence-corrected chi connectivity index (χ3v) is 4.67. The molecule has 1 N–H and O–H groups in total. The second kappa shape index (κ2) is 7.89. The number of hydrogen-bond acceptors (Lipinski definition) is 10. The van der Waals surface area contributed by atoms with E-state index in [2.05, 4.69) is 25.7 Å². The molecule has 0 radical (unpaired) electrons. The summed E-state index contributed by atoms with van der Waals surface area (Å²) in [5.74, 6) is -0.760. The highest BCUT2D eigenvalue weighted by Crippen LogP contribution is 2.33. The topological polar surface area (TPSA) is 137 Å². The van der Waals surface area contributed by atoms with Crippen molar-refractivity contribution in [3.05, 3.63) is 39.4 Å². The fraction of sp³-hybridized carbons (Fsp3) is 0.154. The van der Waals surface area contributed by atoms with Crippen LogP contribution in [0.4, 0.5) is 24.0 Å². The monoisotopic (exact) mass is 432 g/mol. The fourth-order valence-corrected chi connectivity index (χ4v) is 2.97. The first-order valence-electron chi connectivity index (χ1n) is 7.14. The molecule has 0 unspecified atom stereocenters. The lowest BCUT2D eigenvalue weighted by Crippen LogP contribution is -2.13. The van der Waals surface area contributed by atoms with Crippen molar-refractivity contribution in [3.63, 3.8) is 0 Å². The van der Waals surface area contributed by atoms with Crippen LogP contribution in [0.1, 0.15) is 5.01 Å². The van der Waals surface area contributed by atoms with Crippen molar-refractivity contribution in [2.75, 3.05) is 11.1 Å². The Bertz CT molecular complexity index is 1000. The number of anilines is 1. The van der Waals surface area contributed by atoms with Gasteiger partial charge in [0.15, 0.2) is 0 Å². The molecule has 3 aromatic rings. The molecule has 2 heterocycles. The molecule has 0 spiro atoms. The Morgan fingerprint density at radius 3 is 2.54 bits per heavy atom. The Hall–Kier alpha value is -3.07. The minimum Gasteiger partial charge on any atom is -0.411 e. The lowest BCUT2D eigenvalue weighted by atomic mass is 10.2. The first kappa shape index (κ1) is 19.7. The van der Waals surface area contributed by atoms with Gasteiger partial charge < -0.3 is 4.42 Å². The standard InChI is InChI=1S/C13H7F3N6O4S2/c14-13(15,16)10-19-20-11(28-10)17-8(23)5-27-12-21-18-9(26-12)6-1-3-7(4-2-6)22(24)25/h1-4H,5H2,(H,17,20,23). The summed E-state index contributed by atoms with van der Waals surface area (Å²) >= 11 is 1.06. The molecule has 2 aromatic heterocycles. The zero-order valence-corrected chi connectivity index (χ0v) is 15.0. The third kappa shape index (κ3) is 4.80. The molecule has 0 saturated carbocycles. The first-order valence-corrected chi connectivity index (χ1v) is 8.94. The van der Waals surface area contributed by atoms with Crippen molar-refractivity contribution in [1.82, 2.24) is 20.4 Å². The second-order valence-corrected chi connectivity index (χ2v) is 6.83. The molecule has 0 bridgehead atoms. The highest BCUT2D eigenvalue weighted by atomic mass is 32.2. The number of halogens is 3. The number of alkyl halides is 3. The van der Waals surface area contributed by atoms with E-state index in [-0.39, 0.29) is 39.0 Å². The summed E-state index contributed by atoms with van der Waals surface area (Å²) in [7, 11) is 0. The summed E-state index contributed by atoms with van der Waals surface area (Å²) in [6, 6.07) is 5.41. The summed E-state index contributed by atoms with van der Waals surface area (Å²) in [5, 5.41) is 25.1. The lowest BCUT2D eigenvalue weighted by Gasteiger charge is -1.99. The molecule has 28 heavy (non-hydrogen) atoms. The van der Waals surface area contributed by atoms with Gasteiger partial charge in [0.1, 0.15) is 0 Å². The highest BCUT2D eigenvalue weighted by molar-refractivity contribution is 7.99. The zero-order valence-electron chi connectivity index (χ0n) is 13.3. The van der Waals surface area contributed by atoms with Gasteiger partial charge in [-0.1, -0.05) is 23.1 Å². The molecular formula is C13H7F3N6O4S2. The average molecular weight is 432 g/mol. The molecule has 0 aliphatic rings. The highest BCUT2D eigenvalue weighted by Gasteiger charge is 2.35. The summed E-state index contributed by atoms with van der Waals surface area (Å²) < 4.78 is 42.7. The number of thioether (sulfide) groups is 1. The number of rotatable bonds is 6. The van der Waals surface area contributed by atoms with Gasteiger partial charge in [-0.2, -0.15) is 13.2 Å². The number of nitro benzene ring substituents is 1. The predicted molar refractivity (Wildman–Crippen MR) is 90.7 cm³/mol. The van der Waals surface area contributed by atoms with Crippen LogP contribution in [-0.4, -0.2) is 37.0 Å². The Kier molecular flexibility index (Phi) is 5.55. The van der Waals surface area contributed by atoms with E-state index in [4.69, 9.17) is 4.42 Å². The van der Waals surface area contributed by atoms with Crippen LogP contribution in [0.25, 0.3) is 11.5 Å². The summed E-state index contributed by atoms with van der Waals surface area (Å²) in [6.45, 7) is 0. The molecule has 1 amide bonds. The molecule has 10 nitrogen and oxygen atoms in total. The van der Waals surface area contributed by atoms with Gasteiger partial charge in [0.05, 0.1) is 10.7 Å². The molecule has 1 aromatic carbocycles. The minimum atomic E-state index is -4.63. The lowest BCUT2D eigenvalue weighted by molar-refractivity contribution is -0.384. The number of nitrogens with one attached hydrogen (secondary N) is 1. The minimum absolute atomic E-state index is 0.0387. The summed E-state index contributed by atoms with van der Waals surface area (Å²) in [4.78, 5) is 21.9. The normalized spacial score (nSPS) is 11.4. The van der Waals surface area contributed by atoms with Crippen molar-refractivity contribution in [2.24, 2.45) is 0 Å². The van der Waals surface area contributed by atoms with E-state index in [1.165, 1.54) is 24.3 Å². The molecular weight excluding hydrogens is 425 g/mol. The van der Waals surface area contributed by atoms with E-state index < -0.39 is 22.0 Å². The van der Waals surface area contributed by atoms with Gasteiger partial charge in [-0.15, -0.1) is 20.4 Å². The average Bonchev–Trinajstić information content (AvgIpc) is 3.29. The SMILES string of the molecule is O=C(CSc1nnc(-c2ccc([N+](=O)[O-])cc2)o1)Nc1nnc(C(F)(F)F)s1. The van der Waals surface area contributed by atoms with Gasteiger partial charge in [-0.05, 0) is 12.1 Å². The summed E-state index contributed by atoms with van der Waals surface area (Å²) in [5.41, 5.74) is 0.350. The van der Waals surface area contributed by atoms with Crippen molar-refractivity contribution in [1.29, 1.82) is 0 Å². The van der Waals surface area contributed by atoms with Crippen molar-refractivity contribution in [3.8, 4) is 11.5 Å². The van der Waals surface area contributed by atoms with Crippen LogP contribution in [0.2, 0.25) is 0 Å². The van der Waals surface area contributed by atoms with Crippen LogP contribution < -0.4 is 5.32 Å². The van der Waals surface area contributed by atoms with Gasteiger partial charge in [0.25, 0.3) is 10.9 Å². The Morgan fingerprint density at radius 2 is 1.93 bits per heavy atom. The van der Waals surface area contributed by atoms with E-state index in [1.54, 1.807) is 0 Å². The number of carbonyl (C=O) groups is 1. The maximum absolute atomic E-state index is 12.4. The van der Waals surface area contributed by atoms with E-state index >= 15 is 0 Å². The quantitative estimate of drug-likeness (QED) is 0.353. The number of nitrogens with zero attached hydrogens (tertiary/aromatic N) is 5.